The van der Waals surface area contributed by atoms with Crippen molar-refractivity contribution in [3.8, 4) is 0 Å². The average Bonchev–Trinajstić information content (AvgIpc) is 2.69. The molecule has 0 saturated carbocycles. The second kappa shape index (κ2) is 9.32. The van der Waals surface area contributed by atoms with Crippen LogP contribution in [0.15, 0.2) is 24.3 Å². The van der Waals surface area contributed by atoms with Gasteiger partial charge >= 0.3 is 35.8 Å². The Morgan fingerprint density at radius 1 is 0.636 bits per heavy atom. The van der Waals surface area contributed by atoms with Crippen LogP contribution in [0.3, 0.4) is 0 Å². The largest absolute Gasteiger partial charge is 0.460 e. The number of rotatable bonds is 11. The van der Waals surface area contributed by atoms with Gasteiger partial charge in [0.25, 0.3) is 0 Å². The number of ketones is 1. The van der Waals surface area contributed by atoms with Crippen LogP contribution < -0.4 is 0 Å². The fourth-order valence-corrected chi connectivity index (χ4v) is 2.67. The summed E-state index contributed by atoms with van der Waals surface area (Å²) in [4.78, 5) is 11.9. The highest BCUT2D eigenvalue weighted by Gasteiger charge is 2.90. The number of hydrogen-bond acceptors (Lipinski definition) is 1. The Kier molecular flexibility index (Phi) is 8.19. The number of Topliss-reactive ketones (excluding diaryl/α,β-unsaturated/α-hetero) is 1. The zero-order valence-electron chi connectivity index (χ0n) is 16.7. The normalized spacial score (nSPS) is 14.5. The summed E-state index contributed by atoms with van der Waals surface area (Å²) in [6, 6.07) is 0.955. The molecule has 0 unspecified atom stereocenters. The van der Waals surface area contributed by atoms with E-state index in [9.17, 15) is 61.9 Å². The Balaban J connectivity index is 3.28. The van der Waals surface area contributed by atoms with E-state index in [1.54, 1.807) is 0 Å². The van der Waals surface area contributed by atoms with Gasteiger partial charge in [0.15, 0.2) is 5.78 Å². The third-order valence-corrected chi connectivity index (χ3v) is 4.76. The highest BCUT2D eigenvalue weighted by Crippen LogP contribution is 2.62. The first-order valence-corrected chi connectivity index (χ1v) is 9.29. The smallest absolute Gasteiger partial charge is 0.294 e. The minimum atomic E-state index is -7.94. The molecule has 0 aliphatic rings. The van der Waals surface area contributed by atoms with Crippen molar-refractivity contribution < 1.29 is 61.9 Å². The summed E-state index contributed by atoms with van der Waals surface area (Å²) in [6.45, 7) is 1.88. The molecular weight excluding hydrogens is 491 g/mol. The van der Waals surface area contributed by atoms with Crippen LogP contribution >= 0.6 is 0 Å². The molecule has 1 aromatic carbocycles. The first kappa shape index (κ1) is 29.0. The van der Waals surface area contributed by atoms with Gasteiger partial charge in [-0.25, -0.2) is 0 Å². The van der Waals surface area contributed by atoms with E-state index >= 15 is 0 Å². The van der Waals surface area contributed by atoms with Crippen molar-refractivity contribution in [2.24, 2.45) is 0 Å². The van der Waals surface area contributed by atoms with Crippen LogP contribution in [0.4, 0.5) is 57.1 Å². The van der Waals surface area contributed by atoms with Gasteiger partial charge < -0.3 is 0 Å². The maximum atomic E-state index is 14.1. The van der Waals surface area contributed by atoms with Gasteiger partial charge in [0, 0.05) is 17.5 Å². The van der Waals surface area contributed by atoms with Gasteiger partial charge in [-0.05, 0) is 6.42 Å². The van der Waals surface area contributed by atoms with Crippen LogP contribution in [-0.4, -0.2) is 35.6 Å². The van der Waals surface area contributed by atoms with Gasteiger partial charge in [-0.3, -0.25) is 4.79 Å². The topological polar surface area (TPSA) is 17.1 Å². The summed E-state index contributed by atoms with van der Waals surface area (Å²) in [5, 5.41) is 0. The Labute approximate surface area is 178 Å². The average molecular weight is 508 g/mol. The van der Waals surface area contributed by atoms with E-state index in [0.717, 1.165) is 12.8 Å². The lowest BCUT2D eigenvalue weighted by atomic mass is 9.90. The van der Waals surface area contributed by atoms with Crippen molar-refractivity contribution in [2.45, 2.75) is 74.8 Å². The van der Waals surface area contributed by atoms with E-state index in [4.69, 9.17) is 0 Å². The number of halogens is 13. The lowest BCUT2D eigenvalue weighted by molar-refractivity contribution is -0.441. The quantitative estimate of drug-likeness (QED) is 0.168. The zero-order valence-corrected chi connectivity index (χ0v) is 16.7. The zero-order chi connectivity index (χ0) is 26.1. The van der Waals surface area contributed by atoms with Crippen molar-refractivity contribution in [2.75, 3.05) is 0 Å². The van der Waals surface area contributed by atoms with Crippen LogP contribution in [-0.2, 0) is 5.92 Å². The lowest BCUT2D eigenvalue weighted by Crippen LogP contribution is -2.69. The second-order valence-electron chi connectivity index (χ2n) is 7.18. The maximum Gasteiger partial charge on any atom is 0.460 e. The summed E-state index contributed by atoms with van der Waals surface area (Å²) in [5.74, 6) is -37.9. The molecule has 0 radical (unpaired) electrons. The van der Waals surface area contributed by atoms with Gasteiger partial charge in [0.1, 0.15) is 0 Å². The highest BCUT2D eigenvalue weighted by molar-refractivity contribution is 5.96. The van der Waals surface area contributed by atoms with E-state index in [2.05, 4.69) is 0 Å². The molecule has 0 heterocycles. The molecule has 0 aliphatic carbocycles. The molecule has 0 bridgehead atoms. The standard InChI is InChI=1S/C19H17F13O/c1-2-3-4-5-6-13(33)11-7-9-12(10-8-11)14(20,21)15(22,23)16(24,25)17(26,27)18(28,29)19(30,31)32/h7-10H,2-6H2,1H3. The van der Waals surface area contributed by atoms with Gasteiger partial charge in [0.05, 0.1) is 0 Å². The summed E-state index contributed by atoms with van der Waals surface area (Å²) in [5.41, 5.74) is -2.43. The van der Waals surface area contributed by atoms with Crippen molar-refractivity contribution in [1.82, 2.24) is 0 Å². The van der Waals surface area contributed by atoms with Crippen LogP contribution in [0.1, 0.15) is 54.9 Å². The highest BCUT2D eigenvalue weighted by atomic mass is 19.4. The Hall–Kier alpha value is -2.02. The molecule has 0 aromatic heterocycles. The SMILES string of the molecule is CCCCCCC(=O)c1ccc(C(F)(F)C(F)(F)C(F)(F)C(F)(F)C(F)(F)C(F)(F)F)cc1. The monoisotopic (exact) mass is 508 g/mol. The third-order valence-electron chi connectivity index (χ3n) is 4.76. The summed E-state index contributed by atoms with van der Waals surface area (Å²) in [6.07, 6.45) is -4.91. The van der Waals surface area contributed by atoms with Gasteiger partial charge in [-0.2, -0.15) is 57.1 Å². The van der Waals surface area contributed by atoms with E-state index in [0.29, 0.717) is 25.0 Å². The maximum absolute atomic E-state index is 14.1. The summed E-state index contributed by atoms with van der Waals surface area (Å²) < 4.78 is 172. The molecule has 0 fully saturated rings. The second-order valence-corrected chi connectivity index (χ2v) is 7.18. The van der Waals surface area contributed by atoms with E-state index in [1.165, 1.54) is 0 Å². The van der Waals surface area contributed by atoms with E-state index in [1.807, 2.05) is 6.92 Å². The molecule has 14 heteroatoms. The fraction of sp³-hybridized carbons (Fsp3) is 0.632. The Morgan fingerprint density at radius 2 is 1.09 bits per heavy atom. The molecule has 0 aliphatic heterocycles. The molecule has 0 saturated heterocycles. The first-order chi connectivity index (χ1) is 14.7. The van der Waals surface area contributed by atoms with Crippen LogP contribution in [0.2, 0.25) is 0 Å². The number of unbranched alkanes of at least 4 members (excludes halogenated alkanes) is 3. The van der Waals surface area contributed by atoms with Crippen molar-refractivity contribution in [1.29, 1.82) is 0 Å². The van der Waals surface area contributed by atoms with Gasteiger partial charge in [0.2, 0.25) is 0 Å². The number of alkyl halides is 13. The molecule has 0 atom stereocenters. The van der Waals surface area contributed by atoms with Crippen LogP contribution in [0.5, 0.6) is 0 Å². The fourth-order valence-electron chi connectivity index (χ4n) is 2.67. The lowest BCUT2D eigenvalue weighted by Gasteiger charge is -2.39. The number of carbonyl (C=O) groups is 1. The van der Waals surface area contributed by atoms with Crippen molar-refractivity contribution in [3.63, 3.8) is 0 Å². The van der Waals surface area contributed by atoms with E-state index in [-0.39, 0.29) is 24.1 Å². The minimum Gasteiger partial charge on any atom is -0.294 e. The molecule has 1 rings (SSSR count). The molecule has 0 N–H and O–H groups in total. The van der Waals surface area contributed by atoms with Crippen molar-refractivity contribution >= 4 is 5.78 Å². The van der Waals surface area contributed by atoms with Gasteiger partial charge in [-0.1, -0.05) is 50.5 Å². The molecule has 33 heavy (non-hydrogen) atoms. The minimum absolute atomic E-state index is 0.0106. The van der Waals surface area contributed by atoms with Gasteiger partial charge in [-0.15, -0.1) is 0 Å². The Bertz CT molecular complexity index is 810. The first-order valence-electron chi connectivity index (χ1n) is 9.29. The molecule has 0 amide bonds. The van der Waals surface area contributed by atoms with E-state index < -0.39 is 47.1 Å². The van der Waals surface area contributed by atoms with Crippen LogP contribution in [0.25, 0.3) is 0 Å². The third kappa shape index (κ3) is 4.93. The van der Waals surface area contributed by atoms with Crippen molar-refractivity contribution in [3.05, 3.63) is 35.4 Å². The predicted octanol–water partition coefficient (Wildman–Crippen LogP) is 8.04. The van der Waals surface area contributed by atoms with Crippen LogP contribution in [0, 0.1) is 0 Å². The molecule has 0 spiro atoms. The number of carbonyl (C=O) groups excluding carboxylic acids is 1. The summed E-state index contributed by atoms with van der Waals surface area (Å²) >= 11 is 0. The summed E-state index contributed by atoms with van der Waals surface area (Å²) in [7, 11) is 0. The Morgan fingerprint density at radius 3 is 1.52 bits per heavy atom. The molecular formula is C19H17F13O. The number of benzene rings is 1. The molecule has 190 valence electrons. The number of hydrogen-bond donors (Lipinski definition) is 0. The predicted molar refractivity (Wildman–Crippen MR) is 89.3 cm³/mol. The molecule has 1 nitrogen and oxygen atoms in total. The molecule has 1 aromatic rings.